The van der Waals surface area contributed by atoms with Gasteiger partial charge in [0.05, 0.1) is 50.8 Å². The first-order chi connectivity index (χ1) is 34.1. The van der Waals surface area contributed by atoms with Crippen molar-refractivity contribution in [1.82, 2.24) is 0 Å². The molecule has 2 aliphatic rings. The highest BCUT2D eigenvalue weighted by Gasteiger charge is 2.60. The summed E-state index contributed by atoms with van der Waals surface area (Å²) in [5.74, 6) is -1.64. The Kier molecular flexibility index (Phi) is 24.4. The molecule has 11 atom stereocenters. The predicted octanol–water partition coefficient (Wildman–Crippen LogP) is 10.7. The highest BCUT2D eigenvalue weighted by molar-refractivity contribution is 6.74. The van der Waals surface area contributed by atoms with Gasteiger partial charge in [0.15, 0.2) is 14.1 Å². The van der Waals surface area contributed by atoms with Crippen LogP contribution in [0.5, 0.6) is 11.5 Å². The monoisotopic (exact) mass is 1050 g/mol. The summed E-state index contributed by atoms with van der Waals surface area (Å²) >= 11 is 6.17. The van der Waals surface area contributed by atoms with E-state index in [2.05, 4.69) is 53.9 Å². The van der Waals surface area contributed by atoms with Crippen molar-refractivity contribution >= 4 is 31.9 Å². The van der Waals surface area contributed by atoms with E-state index in [0.29, 0.717) is 36.5 Å². The molecule has 4 rings (SSSR count). The lowest BCUT2D eigenvalue weighted by molar-refractivity contribution is -0.359. The standard InChI is InChI=1S/C55H83ClO15Si/c1-36(30-45(24-19-37(2)56)68-53(58)42-22-27-44(62-12)28-23-42)31-47-51(66-35-60-10)49(65-34-59-9)39(4)50(69-47)52(71-72(14,15)54(6,7)8)55(63-13)32-48(67-40(5)57)38(3)46(70-55)18-16-17-29-64-33-41-20-25-43(61-11)26-21-41/h19-28,38-39,45-52H,1-2,16-18,29-35H2,3-15H3/b24-19+/t38-,39+,45+,46+,47+,48-,49+,50+,51+,52-,55+/m0/s1. The smallest absolute Gasteiger partial charge is 0.338 e. The van der Waals surface area contributed by atoms with Crippen molar-refractivity contribution in [2.45, 2.75) is 159 Å². The van der Waals surface area contributed by atoms with Crippen LogP contribution in [0.1, 0.15) is 96.0 Å². The summed E-state index contributed by atoms with van der Waals surface area (Å²) in [5.41, 5.74) is 2.08. The average molecular weight is 1050 g/mol. The molecule has 2 saturated heterocycles. The summed E-state index contributed by atoms with van der Waals surface area (Å²) in [4.78, 5) is 26.3. The van der Waals surface area contributed by atoms with Crippen LogP contribution in [-0.2, 0) is 63.2 Å². The highest BCUT2D eigenvalue weighted by atomic mass is 35.5. The molecule has 0 radical (unpaired) electrons. The quantitative estimate of drug-likeness (QED) is 0.0189. The van der Waals surface area contributed by atoms with Crippen molar-refractivity contribution in [3.63, 3.8) is 0 Å². The zero-order valence-electron chi connectivity index (χ0n) is 45.0. The number of esters is 2. The van der Waals surface area contributed by atoms with Crippen molar-refractivity contribution in [1.29, 1.82) is 0 Å². The van der Waals surface area contributed by atoms with E-state index in [9.17, 15) is 9.59 Å². The Morgan fingerprint density at radius 1 is 0.875 bits per heavy atom. The van der Waals surface area contributed by atoms with Crippen LogP contribution in [0.25, 0.3) is 0 Å². The third kappa shape index (κ3) is 17.5. The molecule has 0 aliphatic carbocycles. The van der Waals surface area contributed by atoms with Crippen LogP contribution in [0.15, 0.2) is 84.4 Å². The van der Waals surface area contributed by atoms with Crippen molar-refractivity contribution in [3.05, 3.63) is 95.6 Å². The summed E-state index contributed by atoms with van der Waals surface area (Å²) in [6, 6.07) is 14.5. The Bertz CT molecular complexity index is 2020. The van der Waals surface area contributed by atoms with E-state index in [4.69, 9.17) is 72.9 Å². The highest BCUT2D eigenvalue weighted by Crippen LogP contribution is 2.48. The predicted molar refractivity (Wildman–Crippen MR) is 279 cm³/mol. The molecule has 2 aliphatic heterocycles. The molecule has 0 bridgehead atoms. The molecular formula is C55H83ClO15Si. The number of carbonyl (C=O) groups excluding carboxylic acids is 2. The van der Waals surface area contributed by atoms with E-state index in [0.717, 1.165) is 24.2 Å². The summed E-state index contributed by atoms with van der Waals surface area (Å²) < 4.78 is 81.7. The maximum atomic E-state index is 13.5. The number of hydrogen-bond donors (Lipinski definition) is 0. The molecule has 17 heteroatoms. The van der Waals surface area contributed by atoms with Gasteiger partial charge in [0.25, 0.3) is 0 Å². The molecule has 0 aromatic heterocycles. The lowest BCUT2D eigenvalue weighted by atomic mass is 9.78. The molecule has 404 valence electrons. The Morgan fingerprint density at radius 2 is 1.49 bits per heavy atom. The lowest BCUT2D eigenvalue weighted by Crippen LogP contribution is -2.69. The number of allylic oxidation sites excluding steroid dienone is 2. The van der Waals surface area contributed by atoms with Crippen LogP contribution >= 0.6 is 11.6 Å². The van der Waals surface area contributed by atoms with Gasteiger partial charge in [-0.25, -0.2) is 4.79 Å². The fraction of sp³-hybridized carbons (Fsp3) is 0.636. The molecule has 0 amide bonds. The number of methoxy groups -OCH3 is 5. The molecule has 72 heavy (non-hydrogen) atoms. The van der Waals surface area contributed by atoms with Gasteiger partial charge in [0.1, 0.15) is 49.5 Å². The molecule has 0 saturated carbocycles. The van der Waals surface area contributed by atoms with E-state index < -0.39 is 80.8 Å². The van der Waals surface area contributed by atoms with Gasteiger partial charge in [-0.05, 0) is 97.9 Å². The topological polar surface area (TPSA) is 154 Å². The van der Waals surface area contributed by atoms with E-state index in [1.165, 1.54) is 6.92 Å². The Balaban J connectivity index is 1.73. The Hall–Kier alpha value is -3.65. The van der Waals surface area contributed by atoms with Crippen LogP contribution in [-0.4, -0.2) is 131 Å². The summed E-state index contributed by atoms with van der Waals surface area (Å²) in [7, 11) is 5.21. The number of rotatable bonds is 29. The molecule has 0 N–H and O–H groups in total. The average Bonchev–Trinajstić information content (AvgIpc) is 3.33. The van der Waals surface area contributed by atoms with Crippen LogP contribution in [0.2, 0.25) is 18.1 Å². The fourth-order valence-electron chi connectivity index (χ4n) is 8.89. The van der Waals surface area contributed by atoms with Gasteiger partial charge in [-0.15, -0.1) is 0 Å². The molecule has 2 fully saturated rings. The van der Waals surface area contributed by atoms with E-state index in [-0.39, 0.29) is 48.8 Å². The van der Waals surface area contributed by atoms with Gasteiger partial charge < -0.3 is 61.3 Å². The van der Waals surface area contributed by atoms with E-state index >= 15 is 0 Å². The molecule has 2 aromatic carbocycles. The number of unbranched alkanes of at least 4 members (excludes halogenated alkanes) is 1. The first kappa shape index (κ1) is 60.9. The van der Waals surface area contributed by atoms with Gasteiger partial charge in [-0.2, -0.15) is 0 Å². The molecular weight excluding hydrogens is 964 g/mol. The second-order valence-electron chi connectivity index (χ2n) is 20.3. The fourth-order valence-corrected chi connectivity index (χ4v) is 10.3. The van der Waals surface area contributed by atoms with Crippen molar-refractivity contribution < 1.29 is 70.9 Å². The van der Waals surface area contributed by atoms with E-state index in [1.807, 2.05) is 31.2 Å². The second-order valence-corrected chi connectivity index (χ2v) is 25.5. The Morgan fingerprint density at radius 3 is 2.04 bits per heavy atom. The van der Waals surface area contributed by atoms with Crippen LogP contribution in [0.4, 0.5) is 0 Å². The van der Waals surface area contributed by atoms with Crippen molar-refractivity contribution in [2.75, 3.05) is 55.7 Å². The van der Waals surface area contributed by atoms with Gasteiger partial charge in [-0.1, -0.05) is 77.1 Å². The van der Waals surface area contributed by atoms with Crippen LogP contribution < -0.4 is 9.47 Å². The summed E-state index contributed by atoms with van der Waals surface area (Å²) in [5, 5.41) is 0.00146. The molecule has 2 heterocycles. The minimum Gasteiger partial charge on any atom is -0.497 e. The van der Waals surface area contributed by atoms with Crippen molar-refractivity contribution in [2.24, 2.45) is 11.8 Å². The molecule has 0 spiro atoms. The zero-order valence-corrected chi connectivity index (χ0v) is 46.8. The number of carbonyl (C=O) groups is 2. The van der Waals surface area contributed by atoms with Crippen LogP contribution in [0.3, 0.4) is 0 Å². The van der Waals surface area contributed by atoms with Crippen molar-refractivity contribution in [3.8, 4) is 11.5 Å². The largest absolute Gasteiger partial charge is 0.497 e. The van der Waals surface area contributed by atoms with Crippen LogP contribution in [0, 0.1) is 11.8 Å². The third-order valence-electron chi connectivity index (χ3n) is 14.0. The maximum absolute atomic E-state index is 13.5. The first-order valence-electron chi connectivity index (χ1n) is 24.8. The number of benzene rings is 2. The minimum absolute atomic E-state index is 0.0453. The number of hydrogen-bond acceptors (Lipinski definition) is 15. The molecule has 2 aromatic rings. The second kappa shape index (κ2) is 28.9. The number of halogens is 1. The molecule has 15 nitrogen and oxygen atoms in total. The zero-order chi connectivity index (χ0) is 53.2. The van der Waals surface area contributed by atoms with Gasteiger partial charge in [0.2, 0.25) is 0 Å². The first-order valence-corrected chi connectivity index (χ1v) is 28.1. The summed E-state index contributed by atoms with van der Waals surface area (Å²) in [6.07, 6.45) is 0.576. The number of ether oxygens (including phenoxy) is 12. The normalized spacial score (nSPS) is 25.6. The van der Waals surface area contributed by atoms with Gasteiger partial charge >= 0.3 is 11.9 Å². The molecule has 0 unspecified atom stereocenters. The van der Waals surface area contributed by atoms with Gasteiger partial charge in [-0.3, -0.25) is 4.79 Å². The lowest BCUT2D eigenvalue weighted by Gasteiger charge is -2.56. The Labute approximate surface area is 435 Å². The van der Waals surface area contributed by atoms with E-state index in [1.54, 1.807) is 72.0 Å². The third-order valence-corrected chi connectivity index (χ3v) is 18.5. The summed E-state index contributed by atoms with van der Waals surface area (Å²) in [6.45, 7) is 25.5. The SMILES string of the molecule is C=C(Cl)/C=C/[C@H](CC(=C)C[C@H]1O[C@@H]([C@H](O[Si](C)(C)C(C)(C)C)[C@@]2(OC)C[C@H](OC(C)=O)[C@@H](C)[C@@H](CCCCOCc3ccc(OC)cc3)O2)[C@H](C)[C@@H](OCOC)[C@@H]1OCOC)OC(=O)c1ccc(OC)cc1. The maximum Gasteiger partial charge on any atom is 0.338 e. The van der Waals surface area contributed by atoms with Gasteiger partial charge in [0, 0.05) is 64.6 Å². The minimum atomic E-state index is -2.71.